The highest BCUT2D eigenvalue weighted by Gasteiger charge is 2.01. The SMILES string of the molecule is CCC(=O)CCc1ccc(OC(C)C)cc1. The van der Waals surface area contributed by atoms with E-state index in [0.717, 1.165) is 12.2 Å². The lowest BCUT2D eigenvalue weighted by Crippen LogP contribution is -2.05. The number of hydrogen-bond donors (Lipinski definition) is 0. The fraction of sp³-hybridized carbons (Fsp3) is 0.500. The zero-order valence-corrected chi connectivity index (χ0v) is 10.3. The summed E-state index contributed by atoms with van der Waals surface area (Å²) in [5, 5.41) is 0. The average molecular weight is 220 g/mol. The molecule has 0 heterocycles. The first-order chi connectivity index (χ1) is 7.61. The fourth-order valence-electron chi connectivity index (χ4n) is 1.47. The second-order valence-electron chi connectivity index (χ2n) is 4.20. The van der Waals surface area contributed by atoms with Crippen LogP contribution in [0.15, 0.2) is 24.3 Å². The van der Waals surface area contributed by atoms with Crippen LogP contribution >= 0.6 is 0 Å². The van der Waals surface area contributed by atoms with Crippen molar-refractivity contribution in [2.45, 2.75) is 46.1 Å². The van der Waals surface area contributed by atoms with Gasteiger partial charge in [-0.2, -0.15) is 0 Å². The van der Waals surface area contributed by atoms with E-state index in [1.165, 1.54) is 5.56 Å². The van der Waals surface area contributed by atoms with E-state index in [4.69, 9.17) is 4.74 Å². The van der Waals surface area contributed by atoms with Crippen LogP contribution in [0.5, 0.6) is 5.75 Å². The Balaban J connectivity index is 2.48. The van der Waals surface area contributed by atoms with Crippen molar-refractivity contribution in [3.8, 4) is 5.75 Å². The number of ether oxygens (including phenoxy) is 1. The van der Waals surface area contributed by atoms with Crippen LogP contribution in [0.1, 0.15) is 39.2 Å². The Morgan fingerprint density at radius 1 is 1.25 bits per heavy atom. The summed E-state index contributed by atoms with van der Waals surface area (Å²) < 4.78 is 5.55. The third-order valence-corrected chi connectivity index (χ3v) is 2.38. The van der Waals surface area contributed by atoms with Gasteiger partial charge in [0.1, 0.15) is 11.5 Å². The van der Waals surface area contributed by atoms with E-state index in [0.29, 0.717) is 18.6 Å². The Morgan fingerprint density at radius 3 is 2.38 bits per heavy atom. The lowest BCUT2D eigenvalue weighted by atomic mass is 10.1. The van der Waals surface area contributed by atoms with Gasteiger partial charge in [-0.1, -0.05) is 19.1 Å². The summed E-state index contributed by atoms with van der Waals surface area (Å²) in [6, 6.07) is 7.98. The molecule has 1 aromatic rings. The van der Waals surface area contributed by atoms with Gasteiger partial charge in [0.2, 0.25) is 0 Å². The van der Waals surface area contributed by atoms with Crippen molar-refractivity contribution in [3.63, 3.8) is 0 Å². The van der Waals surface area contributed by atoms with E-state index in [9.17, 15) is 4.79 Å². The van der Waals surface area contributed by atoms with E-state index >= 15 is 0 Å². The third kappa shape index (κ3) is 4.47. The molecule has 0 bridgehead atoms. The molecule has 0 aromatic heterocycles. The first-order valence-corrected chi connectivity index (χ1v) is 5.89. The van der Waals surface area contributed by atoms with Crippen molar-refractivity contribution in [1.82, 2.24) is 0 Å². The van der Waals surface area contributed by atoms with Crippen molar-refractivity contribution in [3.05, 3.63) is 29.8 Å². The van der Waals surface area contributed by atoms with Gasteiger partial charge in [0.05, 0.1) is 6.10 Å². The van der Waals surface area contributed by atoms with Crippen LogP contribution in [-0.4, -0.2) is 11.9 Å². The maximum Gasteiger partial charge on any atom is 0.132 e. The molecule has 16 heavy (non-hydrogen) atoms. The van der Waals surface area contributed by atoms with Gasteiger partial charge in [0.25, 0.3) is 0 Å². The second-order valence-corrected chi connectivity index (χ2v) is 4.20. The summed E-state index contributed by atoms with van der Waals surface area (Å²) in [6.45, 7) is 5.92. The molecule has 2 nitrogen and oxygen atoms in total. The van der Waals surface area contributed by atoms with Gasteiger partial charge in [0, 0.05) is 12.8 Å². The van der Waals surface area contributed by atoms with Crippen LogP contribution in [0.3, 0.4) is 0 Å². The van der Waals surface area contributed by atoms with Crippen LogP contribution in [-0.2, 0) is 11.2 Å². The van der Waals surface area contributed by atoms with Crippen molar-refractivity contribution in [2.24, 2.45) is 0 Å². The normalized spacial score (nSPS) is 10.5. The monoisotopic (exact) mass is 220 g/mol. The zero-order valence-electron chi connectivity index (χ0n) is 10.3. The summed E-state index contributed by atoms with van der Waals surface area (Å²) in [6.07, 6.45) is 2.30. The molecule has 2 heteroatoms. The number of ketones is 1. The number of aryl methyl sites for hydroxylation is 1. The second kappa shape index (κ2) is 6.31. The molecule has 88 valence electrons. The van der Waals surface area contributed by atoms with Gasteiger partial charge in [-0.25, -0.2) is 0 Å². The van der Waals surface area contributed by atoms with E-state index < -0.39 is 0 Å². The number of hydrogen-bond acceptors (Lipinski definition) is 2. The van der Waals surface area contributed by atoms with E-state index in [1.807, 2.05) is 45.0 Å². The molecule has 0 aliphatic rings. The molecule has 1 rings (SSSR count). The smallest absolute Gasteiger partial charge is 0.132 e. The summed E-state index contributed by atoms with van der Waals surface area (Å²) in [7, 11) is 0. The molecule has 0 atom stereocenters. The van der Waals surface area contributed by atoms with Crippen molar-refractivity contribution < 1.29 is 9.53 Å². The maximum atomic E-state index is 11.2. The third-order valence-electron chi connectivity index (χ3n) is 2.38. The Kier molecular flexibility index (Phi) is 5.03. The maximum absolute atomic E-state index is 11.2. The van der Waals surface area contributed by atoms with Gasteiger partial charge in [-0.3, -0.25) is 4.79 Å². The molecule has 0 spiro atoms. The van der Waals surface area contributed by atoms with E-state index in [2.05, 4.69) is 0 Å². The average Bonchev–Trinajstić information content (AvgIpc) is 2.27. The molecule has 0 aliphatic carbocycles. The number of carbonyl (C=O) groups excluding carboxylic acids is 1. The first-order valence-electron chi connectivity index (χ1n) is 5.89. The number of rotatable bonds is 6. The quantitative estimate of drug-likeness (QED) is 0.734. The van der Waals surface area contributed by atoms with Crippen LogP contribution in [0.4, 0.5) is 0 Å². The highest BCUT2D eigenvalue weighted by molar-refractivity contribution is 5.78. The fourth-order valence-corrected chi connectivity index (χ4v) is 1.47. The molecule has 0 saturated carbocycles. The van der Waals surface area contributed by atoms with Crippen LogP contribution in [0, 0.1) is 0 Å². The Bertz CT molecular complexity index is 325. The molecule has 1 aromatic carbocycles. The molecule has 0 amide bonds. The number of Topliss-reactive ketones (excluding diaryl/α,β-unsaturated/α-hetero) is 1. The molecule has 0 saturated heterocycles. The van der Waals surface area contributed by atoms with Crippen molar-refractivity contribution in [2.75, 3.05) is 0 Å². The first kappa shape index (κ1) is 12.8. The zero-order chi connectivity index (χ0) is 12.0. The predicted octanol–water partition coefficient (Wildman–Crippen LogP) is 3.39. The van der Waals surface area contributed by atoms with Gasteiger partial charge < -0.3 is 4.74 Å². The van der Waals surface area contributed by atoms with Crippen LogP contribution in [0.25, 0.3) is 0 Å². The number of benzene rings is 1. The number of carbonyl (C=O) groups is 1. The predicted molar refractivity (Wildman–Crippen MR) is 65.8 cm³/mol. The Morgan fingerprint density at radius 2 is 1.88 bits per heavy atom. The minimum absolute atomic E-state index is 0.201. The van der Waals surface area contributed by atoms with Gasteiger partial charge >= 0.3 is 0 Å². The molecule has 0 unspecified atom stereocenters. The van der Waals surface area contributed by atoms with E-state index in [1.54, 1.807) is 0 Å². The van der Waals surface area contributed by atoms with Crippen LogP contribution < -0.4 is 4.74 Å². The molecule has 0 aliphatic heterocycles. The summed E-state index contributed by atoms with van der Waals surface area (Å²) in [5.41, 5.74) is 1.19. The van der Waals surface area contributed by atoms with Crippen molar-refractivity contribution >= 4 is 5.78 Å². The highest BCUT2D eigenvalue weighted by atomic mass is 16.5. The van der Waals surface area contributed by atoms with Crippen molar-refractivity contribution in [1.29, 1.82) is 0 Å². The van der Waals surface area contributed by atoms with Crippen LogP contribution in [0.2, 0.25) is 0 Å². The summed E-state index contributed by atoms with van der Waals surface area (Å²) in [5.74, 6) is 1.21. The lowest BCUT2D eigenvalue weighted by Gasteiger charge is -2.09. The van der Waals surface area contributed by atoms with Gasteiger partial charge in [0.15, 0.2) is 0 Å². The molecular formula is C14H20O2. The van der Waals surface area contributed by atoms with Gasteiger partial charge in [-0.15, -0.1) is 0 Å². The largest absolute Gasteiger partial charge is 0.491 e. The standard InChI is InChI=1S/C14H20O2/c1-4-13(15)8-5-12-6-9-14(10-7-12)16-11(2)3/h6-7,9-11H,4-5,8H2,1-3H3. The molecule has 0 N–H and O–H groups in total. The molecule has 0 fully saturated rings. The summed E-state index contributed by atoms with van der Waals surface area (Å²) in [4.78, 5) is 11.2. The molecular weight excluding hydrogens is 200 g/mol. The molecule has 0 radical (unpaired) electrons. The van der Waals surface area contributed by atoms with E-state index in [-0.39, 0.29) is 6.10 Å². The highest BCUT2D eigenvalue weighted by Crippen LogP contribution is 2.15. The topological polar surface area (TPSA) is 26.3 Å². The minimum Gasteiger partial charge on any atom is -0.491 e. The lowest BCUT2D eigenvalue weighted by molar-refractivity contribution is -0.118. The Labute approximate surface area is 97.6 Å². The van der Waals surface area contributed by atoms with Gasteiger partial charge in [-0.05, 0) is 38.0 Å². The minimum atomic E-state index is 0.201. The summed E-state index contributed by atoms with van der Waals surface area (Å²) >= 11 is 0. The Hall–Kier alpha value is -1.31.